The average molecular weight is 1790 g/mol. The first-order chi connectivity index (χ1) is 55.8. The quantitative estimate of drug-likeness (QED) is 0.00751. The average Bonchev–Trinajstić information content (AvgIpc) is 1.63. The van der Waals surface area contributed by atoms with Crippen LogP contribution in [0.5, 0.6) is 0 Å². The number of hydrogen-bond acceptors (Lipinski definition) is 13. The zero-order valence-electron chi connectivity index (χ0n) is 61.0. The number of aliphatic imine (C=N–C) groups is 1. The molecule has 13 rings (SSSR count). The van der Waals surface area contributed by atoms with Crippen molar-refractivity contribution >= 4 is 145 Å². The molecular weight excluding hydrogens is 1720 g/mol. The summed E-state index contributed by atoms with van der Waals surface area (Å²) in [6.07, 6.45) is 6.42. The highest BCUT2D eigenvalue weighted by Gasteiger charge is 2.17. The minimum Gasteiger partial charge on any atom is -0.481 e. The maximum Gasteiger partial charge on any atom is 0.185 e. The molecule has 0 fully saturated rings. The Hall–Kier alpha value is -11.3. The molecule has 0 saturated heterocycles. The molecule has 116 heavy (non-hydrogen) atoms. The van der Waals surface area contributed by atoms with Crippen molar-refractivity contribution in [2.45, 2.75) is 32.9 Å². The number of benzene rings is 10. The van der Waals surface area contributed by atoms with E-state index in [4.69, 9.17) is 110 Å². The summed E-state index contributed by atoms with van der Waals surface area (Å²) in [5.74, 6) is -2.23. The standard InChI is InChI=1S/C20H19ClFN3OS.C18H13ClFN3S.C15H10ClFN2S.C8H6BrFO.C8H6FN3O.C8H8FNO.C7H4ClNS/c1-2-26-19(23)11-12-24-13-18(14-3-7-16(22)8-4-14)25(20(24)27)17-9-5-15(21)6-10-17;19-14-4-8-16(9-5-14)23-17(13-2-6-15(20)7-3-13)12-22(18(23)24)11-1-10-21;16-11-3-7-13(8-4-11)19-14(9-18-15(19)20)10-1-5-12(17)6-2-10;9-5-8(11)6-1-3-7(10)4-2-6;9-7-3-1-6(2-4-7)8(13)5-11-12-10;9-7-3-1-6(2-4-7)8(11)5-10;8-6-1-3-7(4-2-6)9-5-10/h3-10,13,23H,2,11-12H2,1H3;2-9,12H,1,11H2;1-9H,(H,18,20);1-4H,5H2;1-4H,5H2;1-4H,5,10H2;1-4H. The molecule has 3 heterocycles. The minimum atomic E-state index is -0.402. The number of nitrogens with one attached hydrogen (secondary N) is 2. The van der Waals surface area contributed by atoms with Gasteiger partial charge in [0.05, 0.1) is 65.4 Å². The van der Waals surface area contributed by atoms with Gasteiger partial charge >= 0.3 is 0 Å². The number of aryl methyl sites for hydroxylation is 2. The predicted molar refractivity (Wildman–Crippen MR) is 461 cm³/mol. The predicted octanol–water partition coefficient (Wildman–Crippen LogP) is 25.0. The van der Waals surface area contributed by atoms with Crippen LogP contribution in [0.2, 0.25) is 20.1 Å². The molecule has 0 unspecified atom stereocenters. The Morgan fingerprint density at radius 3 is 1.22 bits per heavy atom. The van der Waals surface area contributed by atoms with Crippen LogP contribution in [0, 0.1) is 66.0 Å². The minimum absolute atomic E-state index is 0.0361. The lowest BCUT2D eigenvalue weighted by Crippen LogP contribution is -2.13. The van der Waals surface area contributed by atoms with Crippen molar-refractivity contribution in [3.05, 3.63) is 358 Å². The van der Waals surface area contributed by atoms with Gasteiger partial charge in [-0.3, -0.25) is 33.5 Å². The molecular formula is C84H66BrCl4F6N13O4S4. The lowest BCUT2D eigenvalue weighted by Gasteiger charge is -2.09. The second kappa shape index (κ2) is 47.6. The number of halogens is 11. The SMILES string of the molecule is CCOC(=N)CCn1cc(-c2ccc(F)cc2)n(-c2ccc(Cl)cc2)c1=S.Fc1ccc(-c2c[nH]c(=S)n2-c2ccc(Cl)cc2)cc1.N#CCCn1cc(-c2ccc(F)cc2)n(-c2ccc(Cl)cc2)c1=S.NCC(=O)c1ccc(F)cc1.O=C(CBr)c1ccc(F)cc1.S=C=Nc1ccc(Cl)cc1.[N-]=[N+]=NCC(=O)c1ccc(F)cc1. The van der Waals surface area contributed by atoms with Crippen molar-refractivity contribution in [3.63, 3.8) is 0 Å². The number of Topliss-reactive ketones (excluding diaryl/α,β-unsaturated/α-hetero) is 3. The smallest absolute Gasteiger partial charge is 0.185 e. The normalized spacial score (nSPS) is 10.1. The number of nitrogens with zero attached hydrogens (tertiary/aromatic N) is 10. The fourth-order valence-corrected chi connectivity index (χ4v) is 12.1. The number of nitrogens with two attached hydrogens (primary N) is 1. The molecule has 0 spiro atoms. The second-order valence-electron chi connectivity index (χ2n) is 23.6. The third-order valence-corrected chi connectivity index (χ3v) is 18.6. The van der Waals surface area contributed by atoms with E-state index in [0.717, 1.165) is 56.5 Å². The van der Waals surface area contributed by atoms with Crippen LogP contribution in [0.15, 0.2) is 271 Å². The van der Waals surface area contributed by atoms with Crippen LogP contribution < -0.4 is 5.73 Å². The number of carbonyl (C=O) groups is 3. The molecule has 17 nitrogen and oxygen atoms in total. The number of H-pyrrole nitrogens is 1. The van der Waals surface area contributed by atoms with Crippen LogP contribution >= 0.6 is 111 Å². The molecule has 0 amide bonds. The van der Waals surface area contributed by atoms with Gasteiger partial charge in [0.15, 0.2) is 37.6 Å². The number of thiocarbonyl (C=S) groups is 1. The van der Waals surface area contributed by atoms with Crippen molar-refractivity contribution in [2.24, 2.45) is 15.8 Å². The number of rotatable bonds is 20. The highest BCUT2D eigenvalue weighted by Crippen LogP contribution is 2.30. The van der Waals surface area contributed by atoms with E-state index in [1.807, 2.05) is 84.7 Å². The molecule has 4 N–H and O–H groups in total. The number of nitriles is 1. The Labute approximate surface area is 712 Å². The fraction of sp³-hybridized carbons (Fsp3) is 0.107. The second-order valence-corrected chi connectivity index (χ2v) is 27.2. The van der Waals surface area contributed by atoms with Crippen molar-refractivity contribution in [1.29, 1.82) is 10.7 Å². The third-order valence-electron chi connectivity index (χ3n) is 15.8. The zero-order valence-corrected chi connectivity index (χ0v) is 68.8. The Morgan fingerprint density at radius 1 is 0.526 bits per heavy atom. The summed E-state index contributed by atoms with van der Waals surface area (Å²) in [7, 11) is 0. The van der Waals surface area contributed by atoms with Gasteiger partial charge < -0.3 is 24.6 Å². The molecule has 10 aromatic carbocycles. The zero-order chi connectivity index (χ0) is 84.2. The Morgan fingerprint density at radius 2 is 0.871 bits per heavy atom. The van der Waals surface area contributed by atoms with Crippen molar-refractivity contribution in [2.75, 3.05) is 25.0 Å². The Kier molecular flexibility index (Phi) is 37.7. The number of hydrogen-bond donors (Lipinski definition) is 3. The summed E-state index contributed by atoms with van der Waals surface area (Å²) < 4.78 is 93.1. The largest absolute Gasteiger partial charge is 0.481 e. The van der Waals surface area contributed by atoms with Gasteiger partial charge in [-0.2, -0.15) is 10.3 Å². The van der Waals surface area contributed by atoms with Crippen LogP contribution in [0.25, 0.3) is 61.3 Å². The summed E-state index contributed by atoms with van der Waals surface area (Å²) >= 11 is 47.5. The molecule has 592 valence electrons. The van der Waals surface area contributed by atoms with Gasteiger partial charge in [0, 0.05) is 114 Å². The van der Waals surface area contributed by atoms with Crippen molar-refractivity contribution in [1.82, 2.24) is 27.8 Å². The lowest BCUT2D eigenvalue weighted by atomic mass is 10.1. The van der Waals surface area contributed by atoms with Crippen LogP contribution in [0.4, 0.5) is 32.0 Å². The summed E-state index contributed by atoms with van der Waals surface area (Å²) in [5.41, 5.74) is 22.9. The number of imidazole rings is 3. The van der Waals surface area contributed by atoms with Crippen LogP contribution in [0.1, 0.15) is 50.8 Å². The summed E-state index contributed by atoms with van der Waals surface area (Å²) in [5, 5.41) is 24.9. The molecule has 0 radical (unpaired) electrons. The van der Waals surface area contributed by atoms with Gasteiger partial charge in [0.25, 0.3) is 0 Å². The fourth-order valence-electron chi connectivity index (χ4n) is 10.2. The van der Waals surface area contributed by atoms with E-state index in [2.05, 4.69) is 59.4 Å². The number of ether oxygens (including phenoxy) is 1. The van der Waals surface area contributed by atoms with Crippen molar-refractivity contribution < 1.29 is 45.5 Å². The molecule has 0 atom stereocenters. The Balaban J connectivity index is 0.000000193. The third kappa shape index (κ3) is 28.6. The van der Waals surface area contributed by atoms with E-state index in [-0.39, 0.29) is 70.8 Å². The van der Waals surface area contributed by atoms with E-state index in [1.165, 1.54) is 109 Å². The molecule has 13 aromatic rings. The molecule has 3 aromatic heterocycles. The highest BCUT2D eigenvalue weighted by molar-refractivity contribution is 9.09. The molecule has 0 aliphatic heterocycles. The maximum atomic E-state index is 13.4. The van der Waals surface area contributed by atoms with E-state index >= 15 is 0 Å². The van der Waals surface area contributed by atoms with Gasteiger partial charge in [0.2, 0.25) is 0 Å². The number of isothiocyanates is 1. The highest BCUT2D eigenvalue weighted by atomic mass is 79.9. The molecule has 0 aliphatic rings. The van der Waals surface area contributed by atoms with E-state index < -0.39 is 5.82 Å². The van der Waals surface area contributed by atoms with Crippen LogP contribution in [-0.4, -0.2) is 81.3 Å². The van der Waals surface area contributed by atoms with Gasteiger partial charge in [0.1, 0.15) is 34.9 Å². The first kappa shape index (κ1) is 91.9. The van der Waals surface area contributed by atoms with Crippen LogP contribution in [-0.2, 0) is 17.8 Å². The van der Waals surface area contributed by atoms with Gasteiger partial charge in [-0.25, -0.2) is 26.3 Å². The topological polar surface area (TPSA) is 236 Å². The van der Waals surface area contributed by atoms with Gasteiger partial charge in [-0.1, -0.05) is 67.4 Å². The summed E-state index contributed by atoms with van der Waals surface area (Å²) in [4.78, 5) is 42.2. The summed E-state index contributed by atoms with van der Waals surface area (Å²) in [6.45, 7) is 3.07. The number of azide groups is 1. The molecule has 0 aliphatic carbocycles. The van der Waals surface area contributed by atoms with E-state index in [0.29, 0.717) is 83.6 Å². The van der Waals surface area contributed by atoms with Gasteiger partial charge in [-0.15, -0.1) is 0 Å². The van der Waals surface area contributed by atoms with Crippen molar-refractivity contribution in [3.8, 4) is 56.9 Å². The first-order valence-corrected chi connectivity index (χ1v) is 38.6. The lowest BCUT2D eigenvalue weighted by molar-refractivity contribution is 0.0993. The molecule has 32 heteroatoms. The number of alkyl halides is 1. The first-order valence-electron chi connectivity index (χ1n) is 34.3. The number of carbonyl (C=O) groups excluding carboxylic acids is 3. The van der Waals surface area contributed by atoms with Crippen LogP contribution in [0.3, 0.4) is 0 Å². The molecule has 0 bridgehead atoms. The monoisotopic (exact) mass is 1780 g/mol. The maximum absolute atomic E-state index is 13.4. The summed E-state index contributed by atoms with van der Waals surface area (Å²) in [6, 6.07) is 66.0. The van der Waals surface area contributed by atoms with E-state index in [1.54, 1.807) is 97.1 Å². The Bertz CT molecular complexity index is 5710. The number of aromatic amines is 1. The van der Waals surface area contributed by atoms with E-state index in [9.17, 15) is 40.7 Å². The molecule has 0 saturated carbocycles. The van der Waals surface area contributed by atoms with Gasteiger partial charge in [-0.05, 0) is 304 Å². The number of aromatic nitrogens is 6. The number of ketones is 3.